The van der Waals surface area contributed by atoms with E-state index in [2.05, 4.69) is 4.74 Å². The molecule has 1 rings (SSSR count). The Kier molecular flexibility index (Phi) is 4.00. The van der Waals surface area contributed by atoms with Crippen LogP contribution >= 0.6 is 0 Å². The maximum absolute atomic E-state index is 10.5. The molecule has 1 saturated heterocycles. The van der Waals surface area contributed by atoms with Crippen molar-refractivity contribution in [2.45, 2.75) is 37.6 Å². The third-order valence-electron chi connectivity index (χ3n) is 2.14. The minimum absolute atomic E-state index is 0.294. The summed E-state index contributed by atoms with van der Waals surface area (Å²) < 4.78 is 9.31. The zero-order valence-electron chi connectivity index (χ0n) is 8.11. The molecule has 7 nitrogen and oxygen atoms in total. The maximum atomic E-state index is 10.5. The Labute approximate surface area is 85.9 Å². The van der Waals surface area contributed by atoms with Gasteiger partial charge in [0.05, 0.1) is 0 Å². The lowest BCUT2D eigenvalue weighted by Crippen LogP contribution is -2.58. The van der Waals surface area contributed by atoms with Crippen LogP contribution in [0.3, 0.4) is 0 Å². The smallest absolute Gasteiger partial charge is 0.302 e. The number of esters is 1. The van der Waals surface area contributed by atoms with Crippen LogP contribution in [0.4, 0.5) is 0 Å². The molecular weight excluding hydrogens is 208 g/mol. The molecule has 0 aromatic heterocycles. The lowest BCUT2D eigenvalue weighted by atomic mass is 9.99. The van der Waals surface area contributed by atoms with Gasteiger partial charge in [0.1, 0.15) is 31.0 Å². The standard InChI is InChI=1S/C8H14O7/c1-3(9)14-2-4-5(10)6(11)7(12)8(13)15-4/h4-8,10-13H,2H2,1H3/t4?,5-,6?,7?,8+/m1/s1. The molecule has 1 aliphatic heterocycles. The van der Waals surface area contributed by atoms with Gasteiger partial charge in [0.15, 0.2) is 6.29 Å². The van der Waals surface area contributed by atoms with Gasteiger partial charge < -0.3 is 29.9 Å². The van der Waals surface area contributed by atoms with Crippen molar-refractivity contribution >= 4 is 5.97 Å². The highest BCUT2D eigenvalue weighted by Gasteiger charge is 2.43. The highest BCUT2D eigenvalue weighted by Crippen LogP contribution is 2.19. The van der Waals surface area contributed by atoms with E-state index in [4.69, 9.17) is 14.9 Å². The normalized spacial score (nSPS) is 41.3. The van der Waals surface area contributed by atoms with Gasteiger partial charge in [0.2, 0.25) is 0 Å². The fraction of sp³-hybridized carbons (Fsp3) is 0.875. The topological polar surface area (TPSA) is 116 Å². The van der Waals surface area contributed by atoms with Gasteiger partial charge in [0.25, 0.3) is 0 Å². The molecule has 5 atom stereocenters. The number of rotatable bonds is 2. The Hall–Kier alpha value is -0.730. The second-order valence-electron chi connectivity index (χ2n) is 3.34. The third-order valence-corrected chi connectivity index (χ3v) is 2.14. The molecule has 0 amide bonds. The fourth-order valence-electron chi connectivity index (χ4n) is 1.27. The van der Waals surface area contributed by atoms with Crippen LogP contribution in [-0.4, -0.2) is 63.7 Å². The Balaban J connectivity index is 2.54. The van der Waals surface area contributed by atoms with Gasteiger partial charge >= 0.3 is 5.97 Å². The van der Waals surface area contributed by atoms with E-state index in [9.17, 15) is 15.0 Å². The van der Waals surface area contributed by atoms with Crippen LogP contribution in [0.5, 0.6) is 0 Å². The molecule has 1 heterocycles. The minimum Gasteiger partial charge on any atom is -0.463 e. The molecule has 0 aromatic carbocycles. The molecular formula is C8H14O7. The Morgan fingerprint density at radius 2 is 1.80 bits per heavy atom. The lowest BCUT2D eigenvalue weighted by Gasteiger charge is -2.37. The predicted octanol–water partition coefficient (Wildman–Crippen LogP) is -2.65. The van der Waals surface area contributed by atoms with Crippen molar-refractivity contribution in [1.29, 1.82) is 0 Å². The zero-order valence-corrected chi connectivity index (χ0v) is 8.11. The first-order valence-electron chi connectivity index (χ1n) is 4.44. The Morgan fingerprint density at radius 3 is 2.33 bits per heavy atom. The first-order chi connectivity index (χ1) is 6.93. The second-order valence-corrected chi connectivity index (χ2v) is 3.34. The average Bonchev–Trinajstić information content (AvgIpc) is 2.18. The summed E-state index contributed by atoms with van der Waals surface area (Å²) in [4.78, 5) is 10.5. The molecule has 1 fully saturated rings. The molecule has 4 N–H and O–H groups in total. The van der Waals surface area contributed by atoms with Crippen molar-refractivity contribution in [2.24, 2.45) is 0 Å². The van der Waals surface area contributed by atoms with E-state index in [0.717, 1.165) is 0 Å². The van der Waals surface area contributed by atoms with Crippen LogP contribution < -0.4 is 0 Å². The zero-order chi connectivity index (χ0) is 11.6. The molecule has 1 aliphatic rings. The van der Waals surface area contributed by atoms with Gasteiger partial charge in [-0.3, -0.25) is 4.79 Å². The molecule has 3 unspecified atom stereocenters. The summed E-state index contributed by atoms with van der Waals surface area (Å²) in [7, 11) is 0. The van der Waals surface area contributed by atoms with Crippen molar-refractivity contribution < 1.29 is 34.7 Å². The van der Waals surface area contributed by atoms with Crippen LogP contribution in [0.15, 0.2) is 0 Å². The Morgan fingerprint density at radius 1 is 1.20 bits per heavy atom. The molecule has 0 saturated carbocycles. The van der Waals surface area contributed by atoms with Gasteiger partial charge in [-0.05, 0) is 0 Å². The van der Waals surface area contributed by atoms with Crippen molar-refractivity contribution in [3.63, 3.8) is 0 Å². The van der Waals surface area contributed by atoms with E-state index in [-0.39, 0.29) is 6.61 Å². The van der Waals surface area contributed by atoms with Crippen LogP contribution in [0.2, 0.25) is 0 Å². The van der Waals surface area contributed by atoms with Crippen LogP contribution in [-0.2, 0) is 14.3 Å². The summed E-state index contributed by atoms with van der Waals surface area (Å²) in [5.74, 6) is -0.569. The number of ether oxygens (including phenoxy) is 2. The number of hydrogen-bond acceptors (Lipinski definition) is 7. The molecule has 15 heavy (non-hydrogen) atoms. The van der Waals surface area contributed by atoms with Gasteiger partial charge in [0, 0.05) is 6.92 Å². The van der Waals surface area contributed by atoms with E-state index < -0.39 is 36.7 Å². The van der Waals surface area contributed by atoms with Crippen molar-refractivity contribution in [3.8, 4) is 0 Å². The number of hydrogen-bond donors (Lipinski definition) is 4. The molecule has 0 spiro atoms. The molecule has 88 valence electrons. The first kappa shape index (κ1) is 12.3. The molecule has 7 heteroatoms. The third kappa shape index (κ3) is 2.86. The van der Waals surface area contributed by atoms with E-state index in [1.807, 2.05) is 0 Å². The number of aliphatic hydroxyl groups is 4. The Bertz CT molecular complexity index is 231. The lowest BCUT2D eigenvalue weighted by molar-refractivity contribution is -0.287. The maximum Gasteiger partial charge on any atom is 0.302 e. The molecule has 0 aliphatic carbocycles. The monoisotopic (exact) mass is 222 g/mol. The van der Waals surface area contributed by atoms with Crippen molar-refractivity contribution in [3.05, 3.63) is 0 Å². The fourth-order valence-corrected chi connectivity index (χ4v) is 1.27. The summed E-state index contributed by atoms with van der Waals surface area (Å²) in [6.07, 6.45) is -7.18. The van der Waals surface area contributed by atoms with Gasteiger partial charge in [-0.15, -0.1) is 0 Å². The summed E-state index contributed by atoms with van der Waals surface area (Å²) in [5.41, 5.74) is 0. The average molecular weight is 222 g/mol. The quantitative estimate of drug-likeness (QED) is 0.377. The largest absolute Gasteiger partial charge is 0.463 e. The SMILES string of the molecule is CC(=O)OCC1O[C@H](O)C(O)C(O)[C@@H]1O. The van der Waals surface area contributed by atoms with Gasteiger partial charge in [-0.1, -0.05) is 0 Å². The van der Waals surface area contributed by atoms with Crippen LogP contribution in [0.1, 0.15) is 6.92 Å². The van der Waals surface area contributed by atoms with E-state index in [1.54, 1.807) is 0 Å². The highest BCUT2D eigenvalue weighted by molar-refractivity contribution is 5.65. The molecule has 0 radical (unpaired) electrons. The minimum atomic E-state index is -1.61. The summed E-state index contributed by atoms with van der Waals surface area (Å²) in [6.45, 7) is 0.883. The van der Waals surface area contributed by atoms with E-state index in [0.29, 0.717) is 0 Å². The summed E-state index contributed by atoms with van der Waals surface area (Å²) >= 11 is 0. The summed E-state index contributed by atoms with van der Waals surface area (Å²) in [5, 5.41) is 36.9. The van der Waals surface area contributed by atoms with Crippen LogP contribution in [0.25, 0.3) is 0 Å². The second kappa shape index (κ2) is 4.86. The van der Waals surface area contributed by atoms with Crippen molar-refractivity contribution in [1.82, 2.24) is 0 Å². The van der Waals surface area contributed by atoms with Gasteiger partial charge in [-0.25, -0.2) is 0 Å². The van der Waals surface area contributed by atoms with Crippen molar-refractivity contribution in [2.75, 3.05) is 6.61 Å². The number of aliphatic hydroxyl groups excluding tert-OH is 4. The summed E-state index contributed by atoms with van der Waals surface area (Å²) in [6, 6.07) is 0. The highest BCUT2D eigenvalue weighted by atomic mass is 16.6. The number of carbonyl (C=O) groups is 1. The number of carbonyl (C=O) groups excluding carboxylic acids is 1. The molecule has 0 bridgehead atoms. The van der Waals surface area contributed by atoms with E-state index >= 15 is 0 Å². The van der Waals surface area contributed by atoms with E-state index in [1.165, 1.54) is 6.92 Å². The predicted molar refractivity (Wildman–Crippen MR) is 45.5 cm³/mol. The van der Waals surface area contributed by atoms with Gasteiger partial charge in [-0.2, -0.15) is 0 Å². The first-order valence-corrected chi connectivity index (χ1v) is 4.44. The van der Waals surface area contributed by atoms with Crippen LogP contribution in [0, 0.1) is 0 Å². The molecule has 0 aromatic rings.